The Morgan fingerprint density at radius 2 is 2.06 bits per heavy atom. The summed E-state index contributed by atoms with van der Waals surface area (Å²) in [6.07, 6.45) is -1.13. The maximum atomic E-state index is 11.5. The van der Waals surface area contributed by atoms with Gasteiger partial charge in [0.05, 0.1) is 13.0 Å². The number of ether oxygens (including phenoxy) is 5. The molecule has 4 heterocycles. The van der Waals surface area contributed by atoms with E-state index in [1.165, 1.54) is 0 Å². The van der Waals surface area contributed by atoms with Gasteiger partial charge >= 0.3 is 5.97 Å². The van der Waals surface area contributed by atoms with E-state index in [1.54, 1.807) is 0 Å². The molecule has 4 aliphatic heterocycles. The highest BCUT2D eigenvalue weighted by Gasteiger charge is 2.74. The summed E-state index contributed by atoms with van der Waals surface area (Å²) >= 11 is 0. The molecule has 0 aliphatic carbocycles. The van der Waals surface area contributed by atoms with Crippen LogP contribution in [-0.4, -0.2) is 48.6 Å². The second-order valence-electron chi connectivity index (χ2n) is 5.40. The molecule has 0 N–H and O–H groups in total. The molecule has 0 aromatic carbocycles. The molecule has 4 rings (SSSR count). The first-order valence-corrected chi connectivity index (χ1v) is 5.86. The zero-order valence-corrected chi connectivity index (χ0v) is 9.67. The standard InChI is InChI=1S/C11H14O6/c1-10(2)16-8-9(17-10)14-6-4-13-5-3-7(12)15-11(5,6)8/h5-6,8-9H,3-4H2,1-2H3/t5-,6+,8-,9+,11+/m0/s1. The van der Waals surface area contributed by atoms with E-state index < -0.39 is 17.7 Å². The summed E-state index contributed by atoms with van der Waals surface area (Å²) in [7, 11) is 0. The lowest BCUT2D eigenvalue weighted by Crippen LogP contribution is -2.52. The zero-order valence-electron chi connectivity index (χ0n) is 9.67. The van der Waals surface area contributed by atoms with Crippen molar-refractivity contribution in [2.45, 2.75) is 56.3 Å². The second kappa shape index (κ2) is 2.83. The third-order valence-electron chi connectivity index (χ3n) is 3.90. The van der Waals surface area contributed by atoms with Gasteiger partial charge in [-0.3, -0.25) is 4.79 Å². The molecule has 0 radical (unpaired) electrons. The molecule has 6 nitrogen and oxygen atoms in total. The predicted octanol–water partition coefficient (Wildman–Crippen LogP) is -0.0527. The van der Waals surface area contributed by atoms with E-state index >= 15 is 0 Å². The van der Waals surface area contributed by atoms with Crippen molar-refractivity contribution < 1.29 is 28.5 Å². The Morgan fingerprint density at radius 1 is 1.24 bits per heavy atom. The van der Waals surface area contributed by atoms with Crippen LogP contribution < -0.4 is 0 Å². The van der Waals surface area contributed by atoms with Crippen LogP contribution in [0, 0.1) is 0 Å². The SMILES string of the molecule is CC1(C)O[C@H]2O[C@@H]3CO[C@H]4CC(=O)O[C@]43[C@H]2O1. The number of rotatable bonds is 0. The summed E-state index contributed by atoms with van der Waals surface area (Å²) in [5, 5.41) is 0. The summed E-state index contributed by atoms with van der Waals surface area (Å²) in [6.45, 7) is 4.07. The van der Waals surface area contributed by atoms with Crippen LogP contribution in [0.25, 0.3) is 0 Å². The Labute approximate surface area is 98.1 Å². The Kier molecular flexibility index (Phi) is 1.70. The van der Waals surface area contributed by atoms with Gasteiger partial charge in [-0.15, -0.1) is 0 Å². The van der Waals surface area contributed by atoms with Gasteiger partial charge in [-0.2, -0.15) is 0 Å². The fraction of sp³-hybridized carbons (Fsp3) is 0.909. The van der Waals surface area contributed by atoms with Crippen LogP contribution in [0.15, 0.2) is 0 Å². The molecule has 0 bridgehead atoms. The second-order valence-corrected chi connectivity index (χ2v) is 5.40. The fourth-order valence-electron chi connectivity index (χ4n) is 3.28. The van der Waals surface area contributed by atoms with Gasteiger partial charge in [0.25, 0.3) is 0 Å². The van der Waals surface area contributed by atoms with Crippen molar-refractivity contribution in [1.82, 2.24) is 0 Å². The van der Waals surface area contributed by atoms with E-state index in [0.717, 1.165) is 0 Å². The zero-order chi connectivity index (χ0) is 11.8. The molecular weight excluding hydrogens is 228 g/mol. The average molecular weight is 242 g/mol. The topological polar surface area (TPSA) is 63.2 Å². The lowest BCUT2D eigenvalue weighted by atomic mass is 9.89. The molecule has 0 unspecified atom stereocenters. The third-order valence-corrected chi connectivity index (χ3v) is 3.90. The Balaban J connectivity index is 1.75. The van der Waals surface area contributed by atoms with Gasteiger partial charge in [0.15, 0.2) is 23.8 Å². The maximum Gasteiger partial charge on any atom is 0.309 e. The quantitative estimate of drug-likeness (QED) is 0.555. The average Bonchev–Trinajstić information content (AvgIpc) is 2.83. The minimum Gasteiger partial charge on any atom is -0.450 e. The smallest absolute Gasteiger partial charge is 0.309 e. The molecule has 0 aromatic rings. The molecule has 6 heteroatoms. The summed E-state index contributed by atoms with van der Waals surface area (Å²) in [6, 6.07) is 0. The first-order chi connectivity index (χ1) is 8.01. The van der Waals surface area contributed by atoms with Crippen molar-refractivity contribution >= 4 is 5.97 Å². The van der Waals surface area contributed by atoms with Crippen LogP contribution in [-0.2, 0) is 28.5 Å². The summed E-state index contributed by atoms with van der Waals surface area (Å²) in [5.74, 6) is -0.964. The molecule has 0 amide bonds. The number of fused-ring (bicyclic) bond motifs is 1. The van der Waals surface area contributed by atoms with E-state index in [9.17, 15) is 4.79 Å². The van der Waals surface area contributed by atoms with Crippen molar-refractivity contribution in [3.05, 3.63) is 0 Å². The van der Waals surface area contributed by atoms with Crippen molar-refractivity contribution in [3.8, 4) is 0 Å². The summed E-state index contributed by atoms with van der Waals surface area (Å²) in [4.78, 5) is 11.5. The van der Waals surface area contributed by atoms with Gasteiger partial charge in [0.2, 0.25) is 0 Å². The van der Waals surface area contributed by atoms with Crippen LogP contribution in [0.2, 0.25) is 0 Å². The molecule has 4 saturated heterocycles. The lowest BCUT2D eigenvalue weighted by molar-refractivity contribution is -0.224. The van der Waals surface area contributed by atoms with Crippen molar-refractivity contribution in [2.24, 2.45) is 0 Å². The molecule has 5 atom stereocenters. The molecule has 4 fully saturated rings. The first-order valence-electron chi connectivity index (χ1n) is 5.86. The first kappa shape index (κ1) is 10.3. The van der Waals surface area contributed by atoms with Crippen molar-refractivity contribution in [1.29, 1.82) is 0 Å². The van der Waals surface area contributed by atoms with Gasteiger partial charge in [-0.1, -0.05) is 0 Å². The number of esters is 1. The lowest BCUT2D eigenvalue weighted by Gasteiger charge is -2.30. The predicted molar refractivity (Wildman–Crippen MR) is 51.9 cm³/mol. The van der Waals surface area contributed by atoms with E-state index in [0.29, 0.717) is 6.61 Å². The third kappa shape index (κ3) is 1.12. The van der Waals surface area contributed by atoms with Crippen molar-refractivity contribution in [2.75, 3.05) is 6.61 Å². The van der Waals surface area contributed by atoms with Gasteiger partial charge in [-0.05, 0) is 13.8 Å². The van der Waals surface area contributed by atoms with E-state index in [4.69, 9.17) is 23.7 Å². The molecule has 0 aromatic heterocycles. The van der Waals surface area contributed by atoms with Gasteiger partial charge in [-0.25, -0.2) is 0 Å². The summed E-state index contributed by atoms with van der Waals surface area (Å²) < 4.78 is 28.3. The van der Waals surface area contributed by atoms with Crippen LogP contribution in [0.3, 0.4) is 0 Å². The molecular formula is C11H14O6. The van der Waals surface area contributed by atoms with Crippen LogP contribution >= 0.6 is 0 Å². The van der Waals surface area contributed by atoms with E-state index in [1.807, 2.05) is 13.8 Å². The Bertz CT molecular complexity index is 393. The fourth-order valence-corrected chi connectivity index (χ4v) is 3.28. The molecule has 1 spiro atoms. The van der Waals surface area contributed by atoms with E-state index in [-0.39, 0.29) is 30.7 Å². The molecule has 17 heavy (non-hydrogen) atoms. The largest absolute Gasteiger partial charge is 0.450 e. The highest BCUT2D eigenvalue weighted by molar-refractivity contribution is 5.74. The van der Waals surface area contributed by atoms with Gasteiger partial charge < -0.3 is 23.7 Å². The minimum absolute atomic E-state index is 0.253. The summed E-state index contributed by atoms with van der Waals surface area (Å²) in [5.41, 5.74) is -0.796. The monoisotopic (exact) mass is 242 g/mol. The van der Waals surface area contributed by atoms with Crippen LogP contribution in [0.4, 0.5) is 0 Å². The molecule has 0 saturated carbocycles. The number of hydrogen-bond acceptors (Lipinski definition) is 6. The van der Waals surface area contributed by atoms with Gasteiger partial charge in [0, 0.05) is 0 Å². The maximum absolute atomic E-state index is 11.5. The Morgan fingerprint density at radius 3 is 2.88 bits per heavy atom. The number of hydrogen-bond donors (Lipinski definition) is 0. The number of carbonyl (C=O) groups excluding carboxylic acids is 1. The van der Waals surface area contributed by atoms with Gasteiger partial charge in [0.1, 0.15) is 12.2 Å². The highest BCUT2D eigenvalue weighted by atomic mass is 16.9. The molecule has 94 valence electrons. The van der Waals surface area contributed by atoms with Crippen molar-refractivity contribution in [3.63, 3.8) is 0 Å². The number of carbonyl (C=O) groups is 1. The normalized spacial score (nSPS) is 54.4. The molecule has 4 aliphatic rings. The van der Waals surface area contributed by atoms with Crippen LogP contribution in [0.1, 0.15) is 20.3 Å². The van der Waals surface area contributed by atoms with Crippen LogP contribution in [0.5, 0.6) is 0 Å². The minimum atomic E-state index is -0.796. The highest BCUT2D eigenvalue weighted by Crippen LogP contribution is 2.53. The Hall–Kier alpha value is -0.690. The van der Waals surface area contributed by atoms with E-state index in [2.05, 4.69) is 0 Å².